The van der Waals surface area contributed by atoms with Crippen LogP contribution in [0.25, 0.3) is 0 Å². The van der Waals surface area contributed by atoms with E-state index < -0.39 is 10.0 Å². The summed E-state index contributed by atoms with van der Waals surface area (Å²) in [7, 11) is -0.285. The van der Waals surface area contributed by atoms with Crippen molar-refractivity contribution in [1.29, 1.82) is 0 Å². The van der Waals surface area contributed by atoms with E-state index in [4.69, 9.17) is 9.47 Å². The molecule has 132 valence electrons. The average molecular weight is 365 g/mol. The van der Waals surface area contributed by atoms with Crippen LogP contribution in [-0.4, -0.2) is 47.9 Å². The number of nitrogens with one attached hydrogen (secondary N) is 2. The number of rotatable bonds is 8. The van der Waals surface area contributed by atoms with Crippen LogP contribution >= 0.6 is 12.4 Å². The van der Waals surface area contributed by atoms with Crippen molar-refractivity contribution in [3.8, 4) is 0 Å². The summed E-state index contributed by atoms with van der Waals surface area (Å²) in [5.41, 5.74) is 0.632. The lowest BCUT2D eigenvalue weighted by atomic mass is 9.99. The molecule has 2 rings (SSSR count). The maximum Gasteiger partial charge on any atom is 0.240 e. The zero-order chi connectivity index (χ0) is 16.1. The van der Waals surface area contributed by atoms with E-state index in [9.17, 15) is 8.42 Å². The predicted molar refractivity (Wildman–Crippen MR) is 91.4 cm³/mol. The van der Waals surface area contributed by atoms with E-state index in [1.54, 1.807) is 38.5 Å². The van der Waals surface area contributed by atoms with Gasteiger partial charge in [-0.05, 0) is 37.1 Å². The van der Waals surface area contributed by atoms with E-state index in [-0.39, 0.29) is 22.8 Å². The first-order valence-electron chi connectivity index (χ1n) is 7.33. The molecule has 0 bridgehead atoms. The van der Waals surface area contributed by atoms with Crippen molar-refractivity contribution in [2.45, 2.75) is 29.9 Å². The standard InChI is InChI=1S/C15H24N2O4S.ClH/c1-20-10-13-4-6-14(7-5-13)22(18,19)17-11-15(12-21-2)8-3-9-16-15;/h4-7,16-17H,3,8-12H2,1-2H3;1H. The van der Waals surface area contributed by atoms with Gasteiger partial charge in [-0.2, -0.15) is 0 Å². The van der Waals surface area contributed by atoms with Crippen LogP contribution < -0.4 is 10.0 Å². The van der Waals surface area contributed by atoms with Crippen LogP contribution in [0.4, 0.5) is 0 Å². The summed E-state index contributed by atoms with van der Waals surface area (Å²) < 4.78 is 37.7. The summed E-state index contributed by atoms with van der Waals surface area (Å²) in [5.74, 6) is 0. The fraction of sp³-hybridized carbons (Fsp3) is 0.600. The molecule has 0 radical (unpaired) electrons. The Balaban J connectivity index is 0.00000264. The topological polar surface area (TPSA) is 76.7 Å². The van der Waals surface area contributed by atoms with Crippen molar-refractivity contribution in [1.82, 2.24) is 10.0 Å². The fourth-order valence-electron chi connectivity index (χ4n) is 2.72. The molecule has 1 unspecified atom stereocenters. The number of benzene rings is 1. The van der Waals surface area contributed by atoms with Gasteiger partial charge in [-0.25, -0.2) is 13.1 Å². The summed E-state index contributed by atoms with van der Waals surface area (Å²) in [6.45, 7) is 2.16. The monoisotopic (exact) mass is 364 g/mol. The number of sulfonamides is 1. The van der Waals surface area contributed by atoms with Crippen LogP contribution in [0.1, 0.15) is 18.4 Å². The minimum atomic E-state index is -3.52. The quantitative estimate of drug-likeness (QED) is 0.727. The summed E-state index contributed by atoms with van der Waals surface area (Å²) >= 11 is 0. The van der Waals surface area contributed by atoms with Gasteiger partial charge < -0.3 is 14.8 Å². The van der Waals surface area contributed by atoms with Gasteiger partial charge in [0.25, 0.3) is 0 Å². The van der Waals surface area contributed by atoms with Crippen LogP contribution in [0.15, 0.2) is 29.2 Å². The van der Waals surface area contributed by atoms with Gasteiger partial charge in [0.1, 0.15) is 0 Å². The Morgan fingerprint density at radius 2 is 1.91 bits per heavy atom. The molecule has 6 nitrogen and oxygen atoms in total. The molecule has 0 aliphatic carbocycles. The minimum Gasteiger partial charge on any atom is -0.383 e. The molecule has 8 heteroatoms. The molecule has 1 aromatic carbocycles. The summed E-state index contributed by atoms with van der Waals surface area (Å²) in [6.07, 6.45) is 1.92. The highest BCUT2D eigenvalue weighted by Crippen LogP contribution is 2.20. The first-order valence-corrected chi connectivity index (χ1v) is 8.81. The van der Waals surface area contributed by atoms with E-state index in [2.05, 4.69) is 10.0 Å². The zero-order valence-corrected chi connectivity index (χ0v) is 15.1. The normalized spacial score (nSPS) is 21.1. The second-order valence-corrected chi connectivity index (χ2v) is 7.41. The van der Waals surface area contributed by atoms with Gasteiger partial charge in [0.05, 0.1) is 23.6 Å². The summed E-state index contributed by atoms with van der Waals surface area (Å²) in [6, 6.07) is 6.72. The van der Waals surface area contributed by atoms with Crippen LogP contribution in [0, 0.1) is 0 Å². The van der Waals surface area contributed by atoms with Crippen molar-refractivity contribution >= 4 is 22.4 Å². The smallest absolute Gasteiger partial charge is 0.240 e. The Labute approximate surface area is 144 Å². The van der Waals surface area contributed by atoms with Gasteiger partial charge in [-0.3, -0.25) is 0 Å². The zero-order valence-electron chi connectivity index (χ0n) is 13.5. The van der Waals surface area contributed by atoms with Crippen molar-refractivity contribution < 1.29 is 17.9 Å². The Hall–Kier alpha value is -0.700. The molecule has 1 atom stereocenters. The SMILES string of the molecule is COCc1ccc(S(=O)(=O)NCC2(COC)CCCN2)cc1.Cl. The van der Waals surface area contributed by atoms with Crippen molar-refractivity contribution in [3.63, 3.8) is 0 Å². The highest BCUT2D eigenvalue weighted by molar-refractivity contribution is 7.89. The Morgan fingerprint density at radius 1 is 1.22 bits per heavy atom. The van der Waals surface area contributed by atoms with Gasteiger partial charge in [0, 0.05) is 20.8 Å². The lowest BCUT2D eigenvalue weighted by molar-refractivity contribution is 0.122. The Bertz CT molecular complexity index is 572. The molecule has 0 aromatic heterocycles. The molecule has 1 aromatic rings. The van der Waals surface area contributed by atoms with Crippen molar-refractivity contribution in [2.24, 2.45) is 0 Å². The summed E-state index contributed by atoms with van der Waals surface area (Å²) in [5, 5.41) is 3.35. The lowest BCUT2D eigenvalue weighted by Gasteiger charge is -2.28. The number of methoxy groups -OCH3 is 2. The van der Waals surface area contributed by atoms with Crippen molar-refractivity contribution in [2.75, 3.05) is 33.9 Å². The van der Waals surface area contributed by atoms with Gasteiger partial charge in [-0.15, -0.1) is 12.4 Å². The van der Waals surface area contributed by atoms with Crippen molar-refractivity contribution in [3.05, 3.63) is 29.8 Å². The van der Waals surface area contributed by atoms with E-state index in [0.717, 1.165) is 24.9 Å². The third-order valence-corrected chi connectivity index (χ3v) is 5.32. The van der Waals surface area contributed by atoms with E-state index in [0.29, 0.717) is 19.8 Å². The first-order chi connectivity index (χ1) is 10.5. The molecule has 1 aliphatic rings. The second kappa shape index (κ2) is 8.96. The first kappa shape index (κ1) is 20.3. The molecule has 1 aliphatic heterocycles. The summed E-state index contributed by atoms with van der Waals surface area (Å²) in [4.78, 5) is 0.262. The average Bonchev–Trinajstić information content (AvgIpc) is 2.96. The lowest BCUT2D eigenvalue weighted by Crippen LogP contribution is -2.52. The number of halogens is 1. The molecule has 1 saturated heterocycles. The highest BCUT2D eigenvalue weighted by Gasteiger charge is 2.34. The number of ether oxygens (including phenoxy) is 2. The molecule has 1 heterocycles. The van der Waals surface area contributed by atoms with Gasteiger partial charge in [0.15, 0.2) is 0 Å². The maximum atomic E-state index is 12.4. The third-order valence-electron chi connectivity index (χ3n) is 3.90. The maximum absolute atomic E-state index is 12.4. The fourth-order valence-corrected chi connectivity index (χ4v) is 3.85. The van der Waals surface area contributed by atoms with Crippen LogP contribution in [0.2, 0.25) is 0 Å². The van der Waals surface area contributed by atoms with Gasteiger partial charge in [0.2, 0.25) is 10.0 Å². The van der Waals surface area contributed by atoms with E-state index >= 15 is 0 Å². The molecule has 2 N–H and O–H groups in total. The largest absolute Gasteiger partial charge is 0.383 e. The molecule has 0 amide bonds. The van der Waals surface area contributed by atoms with Crippen LogP contribution in [-0.2, 0) is 26.1 Å². The highest BCUT2D eigenvalue weighted by atomic mass is 35.5. The molecular formula is C15H25ClN2O4S. The molecule has 1 fully saturated rings. The predicted octanol–water partition coefficient (Wildman–Crippen LogP) is 1.30. The molecular weight excluding hydrogens is 340 g/mol. The van der Waals surface area contributed by atoms with Gasteiger partial charge >= 0.3 is 0 Å². The second-order valence-electron chi connectivity index (χ2n) is 5.65. The van der Waals surface area contributed by atoms with Crippen LogP contribution in [0.5, 0.6) is 0 Å². The van der Waals surface area contributed by atoms with Gasteiger partial charge in [-0.1, -0.05) is 12.1 Å². The number of hydrogen-bond donors (Lipinski definition) is 2. The molecule has 0 saturated carbocycles. The molecule has 23 heavy (non-hydrogen) atoms. The van der Waals surface area contributed by atoms with E-state index in [1.807, 2.05) is 0 Å². The molecule has 0 spiro atoms. The van der Waals surface area contributed by atoms with Crippen LogP contribution in [0.3, 0.4) is 0 Å². The number of hydrogen-bond acceptors (Lipinski definition) is 5. The Kier molecular flexibility index (Phi) is 7.93. The third kappa shape index (κ3) is 5.41. The Morgan fingerprint density at radius 3 is 2.43 bits per heavy atom. The minimum absolute atomic E-state index is 0. The van der Waals surface area contributed by atoms with E-state index in [1.165, 1.54) is 0 Å².